The summed E-state index contributed by atoms with van der Waals surface area (Å²) in [5, 5.41) is 8.89. The van der Waals surface area contributed by atoms with Crippen molar-refractivity contribution in [2.45, 2.75) is 4.90 Å². The van der Waals surface area contributed by atoms with Gasteiger partial charge in [0.25, 0.3) is 5.78 Å². The topological polar surface area (TPSA) is 63.6 Å². The number of rotatable bonds is 4. The molecule has 0 spiro atoms. The monoisotopic (exact) mass is 238 g/mol. The third-order valence-corrected chi connectivity index (χ3v) is 2.70. The zero-order chi connectivity index (χ0) is 12.0. The number of ketones is 1. The number of hydrogen-bond acceptors (Lipinski definition) is 5. The van der Waals surface area contributed by atoms with E-state index in [4.69, 9.17) is 5.11 Å². The summed E-state index contributed by atoms with van der Waals surface area (Å²) in [5.41, 5.74) is 0. The van der Waals surface area contributed by atoms with E-state index >= 15 is 0 Å². The maximum absolute atomic E-state index is 11.4. The third kappa shape index (κ3) is 3.13. The molecule has 1 N–H and O–H groups in total. The molecule has 5 heteroatoms. The van der Waals surface area contributed by atoms with Crippen LogP contribution < -0.4 is 0 Å². The minimum absolute atomic E-state index is 0.0712. The van der Waals surface area contributed by atoms with E-state index in [1.165, 1.54) is 0 Å². The standard InChI is InChI=1S/C11H10O4S/c1-15-11(14)10(13)9(7-12)16-8-5-3-2-4-6-8/h2-7,12H,1H3. The van der Waals surface area contributed by atoms with E-state index in [0.29, 0.717) is 6.26 Å². The van der Waals surface area contributed by atoms with Gasteiger partial charge in [0.2, 0.25) is 0 Å². The molecule has 0 saturated carbocycles. The summed E-state index contributed by atoms with van der Waals surface area (Å²) in [6, 6.07) is 8.94. The highest BCUT2D eigenvalue weighted by atomic mass is 32.2. The predicted octanol–water partition coefficient (Wildman–Crippen LogP) is 1.92. The molecule has 4 nitrogen and oxygen atoms in total. The highest BCUT2D eigenvalue weighted by Gasteiger charge is 2.20. The fourth-order valence-corrected chi connectivity index (χ4v) is 1.72. The van der Waals surface area contributed by atoms with Crippen LogP contribution in [0.25, 0.3) is 0 Å². The van der Waals surface area contributed by atoms with E-state index < -0.39 is 11.8 Å². The zero-order valence-electron chi connectivity index (χ0n) is 8.54. The predicted molar refractivity (Wildman–Crippen MR) is 60.0 cm³/mol. The number of carbonyl (C=O) groups is 2. The number of esters is 1. The first kappa shape index (κ1) is 12.3. The summed E-state index contributed by atoms with van der Waals surface area (Å²) >= 11 is 1.00. The molecule has 1 aromatic carbocycles. The van der Waals surface area contributed by atoms with Gasteiger partial charge in [0, 0.05) is 4.90 Å². The smallest absolute Gasteiger partial charge is 0.380 e. The first-order chi connectivity index (χ1) is 7.69. The lowest BCUT2D eigenvalue weighted by Gasteiger charge is -2.03. The Bertz CT molecular complexity index is 411. The van der Waals surface area contributed by atoms with E-state index in [-0.39, 0.29) is 4.91 Å². The van der Waals surface area contributed by atoms with Crippen molar-refractivity contribution in [3.63, 3.8) is 0 Å². The minimum Gasteiger partial charge on any atom is -0.514 e. The molecule has 1 rings (SSSR count). The van der Waals surface area contributed by atoms with Crippen molar-refractivity contribution in [3.05, 3.63) is 41.5 Å². The average Bonchev–Trinajstić information content (AvgIpc) is 2.35. The summed E-state index contributed by atoms with van der Waals surface area (Å²) in [4.78, 5) is 23.0. The van der Waals surface area contributed by atoms with Gasteiger partial charge < -0.3 is 9.84 Å². The van der Waals surface area contributed by atoms with Crippen LogP contribution in [0.1, 0.15) is 0 Å². The van der Waals surface area contributed by atoms with E-state index in [2.05, 4.69) is 4.74 Å². The Morgan fingerprint density at radius 1 is 1.31 bits per heavy atom. The van der Waals surface area contributed by atoms with Gasteiger partial charge >= 0.3 is 5.97 Å². The Morgan fingerprint density at radius 3 is 2.44 bits per heavy atom. The minimum atomic E-state index is -0.997. The maximum atomic E-state index is 11.4. The fraction of sp³-hybridized carbons (Fsp3) is 0.0909. The number of thioether (sulfide) groups is 1. The second-order valence-corrected chi connectivity index (χ2v) is 3.84. The molecule has 1 aromatic rings. The van der Waals surface area contributed by atoms with Gasteiger partial charge in [0.15, 0.2) is 0 Å². The van der Waals surface area contributed by atoms with E-state index in [0.717, 1.165) is 23.8 Å². The molecule has 0 aromatic heterocycles. The second-order valence-electron chi connectivity index (χ2n) is 2.73. The number of methoxy groups -OCH3 is 1. The second kappa shape index (κ2) is 5.97. The molecule has 0 bridgehead atoms. The van der Waals surface area contributed by atoms with Crippen molar-refractivity contribution >= 4 is 23.5 Å². The van der Waals surface area contributed by atoms with Crippen LogP contribution in [0, 0.1) is 0 Å². The van der Waals surface area contributed by atoms with Crippen LogP contribution in [0.5, 0.6) is 0 Å². The van der Waals surface area contributed by atoms with Crippen molar-refractivity contribution in [1.82, 2.24) is 0 Å². The molecule has 0 fully saturated rings. The van der Waals surface area contributed by atoms with E-state index in [1.807, 2.05) is 6.07 Å². The molecule has 0 amide bonds. The SMILES string of the molecule is COC(=O)C(=O)C(=CO)Sc1ccccc1. The largest absolute Gasteiger partial charge is 0.514 e. The Kier molecular flexibility index (Phi) is 4.60. The lowest BCUT2D eigenvalue weighted by Crippen LogP contribution is -2.16. The summed E-state index contributed by atoms with van der Waals surface area (Å²) in [7, 11) is 1.11. The van der Waals surface area contributed by atoms with Gasteiger partial charge in [-0.2, -0.15) is 0 Å². The molecule has 84 valence electrons. The first-order valence-corrected chi connectivity index (χ1v) is 5.20. The van der Waals surface area contributed by atoms with Gasteiger partial charge in [-0.15, -0.1) is 0 Å². The number of aliphatic hydroxyl groups excluding tert-OH is 1. The number of Topliss-reactive ketones (excluding diaryl/α,β-unsaturated/α-hetero) is 1. The highest BCUT2D eigenvalue weighted by Crippen LogP contribution is 2.26. The molecule has 0 aliphatic heterocycles. The Morgan fingerprint density at radius 2 is 1.94 bits per heavy atom. The lowest BCUT2D eigenvalue weighted by molar-refractivity contribution is -0.149. The van der Waals surface area contributed by atoms with Crippen molar-refractivity contribution in [3.8, 4) is 0 Å². The van der Waals surface area contributed by atoms with Gasteiger partial charge in [0.05, 0.1) is 13.4 Å². The normalized spacial score (nSPS) is 10.9. The zero-order valence-corrected chi connectivity index (χ0v) is 9.36. The van der Waals surface area contributed by atoms with E-state index in [1.54, 1.807) is 24.3 Å². The van der Waals surface area contributed by atoms with E-state index in [9.17, 15) is 9.59 Å². The average molecular weight is 238 g/mol. The van der Waals surface area contributed by atoms with Gasteiger partial charge in [0.1, 0.15) is 4.91 Å². The Balaban J connectivity index is 2.79. The first-order valence-electron chi connectivity index (χ1n) is 4.39. The quantitative estimate of drug-likeness (QED) is 0.285. The van der Waals surface area contributed by atoms with Crippen LogP contribution in [-0.2, 0) is 14.3 Å². The molecular formula is C11H10O4S. The fourth-order valence-electron chi connectivity index (χ4n) is 0.940. The summed E-state index contributed by atoms with van der Waals surface area (Å²) in [6.07, 6.45) is 0.608. The van der Waals surface area contributed by atoms with Gasteiger partial charge in [-0.3, -0.25) is 4.79 Å². The summed E-state index contributed by atoms with van der Waals surface area (Å²) < 4.78 is 4.28. The number of aliphatic hydroxyl groups is 1. The van der Waals surface area contributed by atoms with Gasteiger partial charge in [-0.1, -0.05) is 30.0 Å². The van der Waals surface area contributed by atoms with Crippen molar-refractivity contribution in [2.75, 3.05) is 7.11 Å². The van der Waals surface area contributed by atoms with Crippen molar-refractivity contribution < 1.29 is 19.4 Å². The molecule has 16 heavy (non-hydrogen) atoms. The van der Waals surface area contributed by atoms with Crippen LogP contribution in [0.2, 0.25) is 0 Å². The third-order valence-electron chi connectivity index (χ3n) is 1.68. The van der Waals surface area contributed by atoms with Crippen LogP contribution in [-0.4, -0.2) is 24.0 Å². The summed E-state index contributed by atoms with van der Waals surface area (Å²) in [5.74, 6) is -1.86. The Hall–Kier alpha value is -1.75. The maximum Gasteiger partial charge on any atom is 0.380 e. The molecule has 0 aliphatic carbocycles. The van der Waals surface area contributed by atoms with Crippen molar-refractivity contribution in [1.29, 1.82) is 0 Å². The van der Waals surface area contributed by atoms with Gasteiger partial charge in [-0.25, -0.2) is 4.79 Å². The Labute approximate surface area is 96.9 Å². The number of carbonyl (C=O) groups excluding carboxylic acids is 2. The lowest BCUT2D eigenvalue weighted by atomic mass is 10.4. The van der Waals surface area contributed by atoms with Crippen LogP contribution in [0.15, 0.2) is 46.4 Å². The molecule has 0 atom stereocenters. The number of benzene rings is 1. The van der Waals surface area contributed by atoms with Crippen molar-refractivity contribution in [2.24, 2.45) is 0 Å². The van der Waals surface area contributed by atoms with Crippen LogP contribution in [0.4, 0.5) is 0 Å². The van der Waals surface area contributed by atoms with Crippen LogP contribution in [0.3, 0.4) is 0 Å². The summed E-state index contributed by atoms with van der Waals surface area (Å²) in [6.45, 7) is 0. The molecule has 0 radical (unpaired) electrons. The highest BCUT2D eigenvalue weighted by molar-refractivity contribution is 8.04. The molecule has 0 aliphatic rings. The number of ether oxygens (including phenoxy) is 1. The molecule has 0 heterocycles. The molecule has 0 unspecified atom stereocenters. The number of hydrogen-bond donors (Lipinski definition) is 1. The molecular weight excluding hydrogens is 228 g/mol. The van der Waals surface area contributed by atoms with Gasteiger partial charge in [-0.05, 0) is 12.1 Å². The molecule has 0 saturated heterocycles. The van der Waals surface area contributed by atoms with Crippen LogP contribution >= 0.6 is 11.8 Å².